The average Bonchev–Trinajstić information content (AvgIpc) is 3.38. The zero-order valence-corrected chi connectivity index (χ0v) is 22.5. The van der Waals surface area contributed by atoms with Crippen LogP contribution in [0.5, 0.6) is 0 Å². The molecule has 6 nitrogen and oxygen atoms in total. The van der Waals surface area contributed by atoms with E-state index in [1.807, 2.05) is 58.4 Å². The molecule has 1 aromatic heterocycles. The lowest BCUT2D eigenvalue weighted by Crippen LogP contribution is -2.57. The average molecular weight is 518 g/mol. The van der Waals surface area contributed by atoms with Gasteiger partial charge in [0.2, 0.25) is 11.8 Å². The fourth-order valence-electron chi connectivity index (χ4n) is 5.54. The number of carbonyl (C=O) groups excluding carboxylic acids is 2. The summed E-state index contributed by atoms with van der Waals surface area (Å²) in [7, 11) is 0. The van der Waals surface area contributed by atoms with Crippen LogP contribution in [0, 0.1) is 6.92 Å². The van der Waals surface area contributed by atoms with Crippen molar-refractivity contribution in [1.29, 1.82) is 0 Å². The van der Waals surface area contributed by atoms with E-state index in [1.54, 1.807) is 0 Å². The maximum absolute atomic E-state index is 13.5. The van der Waals surface area contributed by atoms with Crippen molar-refractivity contribution in [3.63, 3.8) is 0 Å². The Kier molecular flexibility index (Phi) is 8.03. The van der Waals surface area contributed by atoms with Gasteiger partial charge in [-0.05, 0) is 54.0 Å². The van der Waals surface area contributed by atoms with E-state index in [0.29, 0.717) is 32.8 Å². The molecule has 37 heavy (non-hydrogen) atoms. The highest BCUT2D eigenvalue weighted by Gasteiger charge is 2.34. The second-order valence-electron chi connectivity index (χ2n) is 10.0. The van der Waals surface area contributed by atoms with Gasteiger partial charge in [-0.25, -0.2) is 0 Å². The standard InChI is InChI=1S/C30H35N3O3S/c1-22-8-6-7-11-25(22)30-26-13-17-37-27(26)12-14-32(30)19-28(34)31-15-16-33(23(2)18-31)29(35)21-36-20-24-9-4-3-5-10-24/h3-11,13,17,23,30H,12,14-16,18-21H2,1-2H3/t23-,30-/m0/s1. The van der Waals surface area contributed by atoms with Gasteiger partial charge in [0.05, 0.1) is 19.2 Å². The second kappa shape index (κ2) is 11.6. The molecular formula is C30H35N3O3S. The van der Waals surface area contributed by atoms with Crippen LogP contribution in [0.3, 0.4) is 0 Å². The molecule has 5 rings (SSSR count). The van der Waals surface area contributed by atoms with Crippen molar-refractivity contribution in [2.24, 2.45) is 0 Å². The van der Waals surface area contributed by atoms with Gasteiger partial charge in [-0.15, -0.1) is 11.3 Å². The Bertz CT molecular complexity index is 1230. The van der Waals surface area contributed by atoms with Gasteiger partial charge in [-0.2, -0.15) is 0 Å². The van der Waals surface area contributed by atoms with Crippen LogP contribution >= 0.6 is 11.3 Å². The first kappa shape index (κ1) is 25.6. The monoisotopic (exact) mass is 517 g/mol. The number of amides is 2. The normalized spacial score (nSPS) is 20.1. The van der Waals surface area contributed by atoms with Crippen LogP contribution in [0.25, 0.3) is 0 Å². The molecule has 2 aliphatic heterocycles. The summed E-state index contributed by atoms with van der Waals surface area (Å²) in [5.41, 5.74) is 4.90. The molecule has 2 atom stereocenters. The van der Waals surface area contributed by atoms with Crippen molar-refractivity contribution in [1.82, 2.24) is 14.7 Å². The van der Waals surface area contributed by atoms with Crippen molar-refractivity contribution in [3.8, 4) is 0 Å². The first-order valence-electron chi connectivity index (χ1n) is 13.1. The Balaban J connectivity index is 1.19. The lowest BCUT2D eigenvalue weighted by atomic mass is 9.90. The minimum absolute atomic E-state index is 0.0174. The summed E-state index contributed by atoms with van der Waals surface area (Å²) >= 11 is 1.82. The van der Waals surface area contributed by atoms with E-state index in [9.17, 15) is 9.59 Å². The molecule has 0 saturated carbocycles. The minimum Gasteiger partial charge on any atom is -0.367 e. The fourth-order valence-corrected chi connectivity index (χ4v) is 6.44. The topological polar surface area (TPSA) is 53.1 Å². The molecule has 7 heteroatoms. The van der Waals surface area contributed by atoms with Gasteiger partial charge in [-0.1, -0.05) is 54.6 Å². The molecule has 3 heterocycles. The highest BCUT2D eigenvalue weighted by molar-refractivity contribution is 7.10. The van der Waals surface area contributed by atoms with E-state index in [0.717, 1.165) is 18.5 Å². The smallest absolute Gasteiger partial charge is 0.248 e. The third-order valence-electron chi connectivity index (χ3n) is 7.52. The maximum atomic E-state index is 13.5. The van der Waals surface area contributed by atoms with Crippen molar-refractivity contribution in [3.05, 3.63) is 93.2 Å². The summed E-state index contributed by atoms with van der Waals surface area (Å²) in [6.45, 7) is 7.54. The first-order valence-corrected chi connectivity index (χ1v) is 13.9. The Morgan fingerprint density at radius 1 is 0.946 bits per heavy atom. The van der Waals surface area contributed by atoms with Crippen molar-refractivity contribution in [2.75, 3.05) is 39.3 Å². The van der Waals surface area contributed by atoms with E-state index in [1.165, 1.54) is 21.6 Å². The van der Waals surface area contributed by atoms with Crippen LogP contribution in [-0.2, 0) is 27.4 Å². The van der Waals surface area contributed by atoms with Crippen LogP contribution in [0.4, 0.5) is 0 Å². The highest BCUT2D eigenvalue weighted by atomic mass is 32.1. The largest absolute Gasteiger partial charge is 0.367 e. The SMILES string of the molecule is Cc1ccccc1[C@H]1c2ccsc2CCN1CC(=O)N1CCN(C(=O)COCc2ccccc2)[C@@H](C)C1. The molecule has 1 saturated heterocycles. The molecule has 0 aliphatic carbocycles. The zero-order valence-electron chi connectivity index (χ0n) is 21.6. The number of benzene rings is 2. The number of aryl methyl sites for hydroxylation is 1. The Labute approximate surface area is 223 Å². The van der Waals surface area contributed by atoms with Crippen molar-refractivity contribution >= 4 is 23.2 Å². The Morgan fingerprint density at radius 3 is 2.51 bits per heavy atom. The van der Waals surface area contributed by atoms with Gasteiger partial charge >= 0.3 is 0 Å². The molecule has 2 aromatic carbocycles. The third-order valence-corrected chi connectivity index (χ3v) is 8.52. The van der Waals surface area contributed by atoms with E-state index < -0.39 is 0 Å². The van der Waals surface area contributed by atoms with Crippen LogP contribution in [0.2, 0.25) is 0 Å². The predicted octanol–water partition coefficient (Wildman–Crippen LogP) is 4.28. The Morgan fingerprint density at radius 2 is 1.73 bits per heavy atom. The molecule has 0 N–H and O–H groups in total. The van der Waals surface area contributed by atoms with Crippen LogP contribution < -0.4 is 0 Å². The lowest BCUT2D eigenvalue weighted by molar-refractivity contribution is -0.146. The summed E-state index contributed by atoms with van der Waals surface area (Å²) in [5.74, 6) is 0.118. The van der Waals surface area contributed by atoms with Crippen LogP contribution in [0.1, 0.15) is 40.1 Å². The van der Waals surface area contributed by atoms with Gasteiger partial charge in [0.1, 0.15) is 6.61 Å². The number of ether oxygens (including phenoxy) is 1. The van der Waals surface area contributed by atoms with Crippen molar-refractivity contribution in [2.45, 2.75) is 39.0 Å². The van der Waals surface area contributed by atoms with E-state index in [4.69, 9.17) is 4.74 Å². The zero-order chi connectivity index (χ0) is 25.8. The number of carbonyl (C=O) groups is 2. The molecule has 3 aromatic rings. The molecule has 0 bridgehead atoms. The van der Waals surface area contributed by atoms with E-state index in [2.05, 4.69) is 47.5 Å². The first-order chi connectivity index (χ1) is 18.0. The highest BCUT2D eigenvalue weighted by Crippen LogP contribution is 2.38. The van der Waals surface area contributed by atoms with Gasteiger partial charge in [-0.3, -0.25) is 14.5 Å². The van der Waals surface area contributed by atoms with Gasteiger partial charge in [0.15, 0.2) is 0 Å². The third kappa shape index (κ3) is 5.79. The second-order valence-corrected chi connectivity index (χ2v) is 11.0. The van der Waals surface area contributed by atoms with E-state index in [-0.39, 0.29) is 30.5 Å². The molecule has 194 valence electrons. The van der Waals surface area contributed by atoms with Crippen LogP contribution in [-0.4, -0.2) is 71.9 Å². The lowest BCUT2D eigenvalue weighted by Gasteiger charge is -2.42. The van der Waals surface area contributed by atoms with Gasteiger partial charge < -0.3 is 14.5 Å². The summed E-state index contributed by atoms with van der Waals surface area (Å²) < 4.78 is 5.67. The summed E-state index contributed by atoms with van der Waals surface area (Å²) in [4.78, 5) is 33.8. The molecular weight excluding hydrogens is 482 g/mol. The number of fused-ring (bicyclic) bond motifs is 1. The molecule has 0 spiro atoms. The molecule has 1 fully saturated rings. The van der Waals surface area contributed by atoms with Gasteiger partial charge in [0, 0.05) is 37.1 Å². The quantitative estimate of drug-likeness (QED) is 0.470. The van der Waals surface area contributed by atoms with Gasteiger partial charge in [0.25, 0.3) is 0 Å². The Hall–Kier alpha value is -3.00. The molecule has 2 aliphatic rings. The van der Waals surface area contributed by atoms with E-state index >= 15 is 0 Å². The summed E-state index contributed by atoms with van der Waals surface area (Å²) in [6.07, 6.45) is 0.977. The molecule has 2 amide bonds. The maximum Gasteiger partial charge on any atom is 0.248 e. The van der Waals surface area contributed by atoms with Crippen molar-refractivity contribution < 1.29 is 14.3 Å². The number of thiophene rings is 1. The number of hydrogen-bond donors (Lipinski definition) is 0. The van der Waals surface area contributed by atoms with Crippen LogP contribution in [0.15, 0.2) is 66.0 Å². The molecule has 0 radical (unpaired) electrons. The minimum atomic E-state index is -0.0393. The number of nitrogens with zero attached hydrogens (tertiary/aromatic N) is 3. The molecule has 0 unspecified atom stereocenters. The number of rotatable bonds is 7. The number of hydrogen-bond acceptors (Lipinski definition) is 5. The number of piperazine rings is 1. The summed E-state index contributed by atoms with van der Waals surface area (Å²) in [5, 5.41) is 2.17. The summed E-state index contributed by atoms with van der Waals surface area (Å²) in [6, 6.07) is 20.6. The predicted molar refractivity (Wildman–Crippen MR) is 146 cm³/mol. The fraction of sp³-hybridized carbons (Fsp3) is 0.400.